The number of carbonyl (C=O) groups is 1. The predicted molar refractivity (Wildman–Crippen MR) is 85.6 cm³/mol. The second-order valence-corrected chi connectivity index (χ2v) is 6.77. The maximum Gasteiger partial charge on any atom is 0.344 e. The first-order valence-electron chi connectivity index (χ1n) is 6.97. The van der Waals surface area contributed by atoms with Gasteiger partial charge in [-0.05, 0) is 30.9 Å². The van der Waals surface area contributed by atoms with Crippen LogP contribution in [-0.2, 0) is 10.8 Å². The van der Waals surface area contributed by atoms with Crippen molar-refractivity contribution < 1.29 is 9.00 Å². The Morgan fingerprint density at radius 2 is 2.19 bits per heavy atom. The quantitative estimate of drug-likeness (QED) is 0.805. The van der Waals surface area contributed by atoms with Gasteiger partial charge in [-0.15, -0.1) is 0 Å². The molecule has 1 aliphatic heterocycles. The Bertz CT molecular complexity index is 591. The molecule has 0 saturated carbocycles. The van der Waals surface area contributed by atoms with Gasteiger partial charge in [0.2, 0.25) is 0 Å². The highest BCUT2D eigenvalue weighted by atomic mass is 32.2. The summed E-state index contributed by atoms with van der Waals surface area (Å²) in [6.45, 7) is 9.28. The van der Waals surface area contributed by atoms with Gasteiger partial charge in [0.1, 0.15) is 0 Å². The van der Waals surface area contributed by atoms with Crippen LogP contribution in [0, 0.1) is 0 Å². The molecule has 1 unspecified atom stereocenters. The number of aromatic nitrogens is 2. The summed E-state index contributed by atoms with van der Waals surface area (Å²) < 4.78 is 12.6. The molecule has 0 N–H and O–H groups in total. The SMILES string of the molecule is C=C1CCCN(C(=O)n2ccc(C(=C)CS(C)=O)n2)CC1. The molecule has 0 aliphatic carbocycles. The largest absolute Gasteiger partial charge is 0.344 e. The van der Waals surface area contributed by atoms with Crippen molar-refractivity contribution in [3.63, 3.8) is 0 Å². The van der Waals surface area contributed by atoms with Crippen molar-refractivity contribution in [2.75, 3.05) is 25.1 Å². The molecule has 0 aromatic carbocycles. The van der Waals surface area contributed by atoms with Gasteiger partial charge in [0.15, 0.2) is 0 Å². The molecule has 1 saturated heterocycles. The normalized spacial score (nSPS) is 17.4. The van der Waals surface area contributed by atoms with Crippen LogP contribution in [0.15, 0.2) is 31.0 Å². The zero-order valence-electron chi connectivity index (χ0n) is 12.4. The van der Waals surface area contributed by atoms with E-state index in [1.165, 1.54) is 10.3 Å². The lowest BCUT2D eigenvalue weighted by Gasteiger charge is -2.19. The van der Waals surface area contributed by atoms with Crippen LogP contribution < -0.4 is 0 Å². The molecule has 0 bridgehead atoms. The van der Waals surface area contributed by atoms with Gasteiger partial charge in [0.05, 0.1) is 5.69 Å². The smallest absolute Gasteiger partial charge is 0.323 e. The third kappa shape index (κ3) is 4.14. The minimum absolute atomic E-state index is 0.124. The summed E-state index contributed by atoms with van der Waals surface area (Å²) in [5.41, 5.74) is 2.51. The van der Waals surface area contributed by atoms with E-state index < -0.39 is 10.8 Å². The first-order chi connectivity index (χ1) is 9.97. The van der Waals surface area contributed by atoms with Gasteiger partial charge in [-0.25, -0.2) is 4.79 Å². The zero-order valence-corrected chi connectivity index (χ0v) is 13.2. The lowest BCUT2D eigenvalue weighted by molar-refractivity contribution is 0.198. The van der Waals surface area contributed by atoms with Crippen LogP contribution in [0.25, 0.3) is 5.57 Å². The predicted octanol–water partition coefficient (Wildman–Crippen LogP) is 2.29. The van der Waals surface area contributed by atoms with Crippen LogP contribution in [-0.4, -0.2) is 50.0 Å². The monoisotopic (exact) mass is 307 g/mol. The highest BCUT2D eigenvalue weighted by molar-refractivity contribution is 7.84. The Kier molecular flexibility index (Phi) is 5.12. The van der Waals surface area contributed by atoms with Crippen LogP contribution in [0.4, 0.5) is 4.79 Å². The third-order valence-corrected chi connectivity index (χ3v) is 4.24. The molecule has 0 radical (unpaired) electrons. The van der Waals surface area contributed by atoms with Gasteiger partial charge in [-0.2, -0.15) is 9.78 Å². The molecule has 6 heteroatoms. The molecule has 2 rings (SSSR count). The van der Waals surface area contributed by atoms with Crippen LogP contribution in [0.1, 0.15) is 25.0 Å². The van der Waals surface area contributed by atoms with Crippen LogP contribution >= 0.6 is 0 Å². The number of nitrogens with zero attached hydrogens (tertiary/aromatic N) is 3. The highest BCUT2D eigenvalue weighted by Gasteiger charge is 2.19. The molecule has 0 spiro atoms. The highest BCUT2D eigenvalue weighted by Crippen LogP contribution is 2.16. The molecule has 21 heavy (non-hydrogen) atoms. The maximum atomic E-state index is 12.4. The van der Waals surface area contributed by atoms with E-state index in [9.17, 15) is 9.00 Å². The Balaban J connectivity index is 2.06. The molecule has 2 heterocycles. The molecule has 1 fully saturated rings. The molecule has 1 aliphatic rings. The van der Waals surface area contributed by atoms with Gasteiger partial charge < -0.3 is 4.90 Å². The van der Waals surface area contributed by atoms with Gasteiger partial charge in [-0.3, -0.25) is 4.21 Å². The minimum atomic E-state index is -0.962. The Morgan fingerprint density at radius 1 is 1.43 bits per heavy atom. The zero-order chi connectivity index (χ0) is 15.4. The van der Waals surface area contributed by atoms with E-state index >= 15 is 0 Å². The van der Waals surface area contributed by atoms with Crippen molar-refractivity contribution in [3.8, 4) is 0 Å². The Hall–Kier alpha value is -1.69. The second-order valence-electron chi connectivity index (χ2n) is 5.34. The van der Waals surface area contributed by atoms with Gasteiger partial charge in [0, 0.05) is 42.1 Å². The molecular formula is C15H21N3O2S. The average Bonchev–Trinajstić information content (AvgIpc) is 2.81. The summed E-state index contributed by atoms with van der Waals surface area (Å²) in [7, 11) is -0.962. The molecule has 5 nitrogen and oxygen atoms in total. The Morgan fingerprint density at radius 3 is 2.90 bits per heavy atom. The summed E-state index contributed by atoms with van der Waals surface area (Å²) in [5.74, 6) is 0.370. The molecule has 1 aromatic rings. The fourth-order valence-corrected chi connectivity index (χ4v) is 2.96. The van der Waals surface area contributed by atoms with E-state index in [0.29, 0.717) is 23.6 Å². The summed E-state index contributed by atoms with van der Waals surface area (Å²) >= 11 is 0. The number of amides is 1. The van der Waals surface area contributed by atoms with E-state index in [1.54, 1.807) is 23.4 Å². The van der Waals surface area contributed by atoms with E-state index in [1.807, 2.05) is 0 Å². The van der Waals surface area contributed by atoms with Crippen molar-refractivity contribution in [3.05, 3.63) is 36.7 Å². The first kappa shape index (κ1) is 15.7. The van der Waals surface area contributed by atoms with E-state index in [-0.39, 0.29) is 6.03 Å². The molecule has 1 aromatic heterocycles. The number of likely N-dealkylation sites (tertiary alicyclic amines) is 1. The van der Waals surface area contributed by atoms with Crippen molar-refractivity contribution in [1.82, 2.24) is 14.7 Å². The van der Waals surface area contributed by atoms with Crippen molar-refractivity contribution >= 4 is 22.4 Å². The fraction of sp³-hybridized carbons (Fsp3) is 0.467. The first-order valence-corrected chi connectivity index (χ1v) is 8.70. The van der Waals surface area contributed by atoms with E-state index in [2.05, 4.69) is 18.3 Å². The van der Waals surface area contributed by atoms with Gasteiger partial charge in [-0.1, -0.05) is 18.7 Å². The summed E-state index contributed by atoms with van der Waals surface area (Å²) in [4.78, 5) is 14.2. The standard InChI is InChI=1S/C15H21N3O2S/c1-12-5-4-8-17(9-6-12)15(19)18-10-7-14(16-18)13(2)11-21(3)20/h7,10H,1-2,4-6,8-9,11H2,3H3. The number of hydrogen-bond acceptors (Lipinski definition) is 3. The second kappa shape index (κ2) is 6.85. The summed E-state index contributed by atoms with van der Waals surface area (Å²) in [6, 6.07) is 1.62. The topological polar surface area (TPSA) is 55.2 Å². The van der Waals surface area contributed by atoms with Gasteiger partial charge >= 0.3 is 6.03 Å². The van der Waals surface area contributed by atoms with Crippen molar-refractivity contribution in [2.24, 2.45) is 0 Å². The lowest BCUT2D eigenvalue weighted by Crippen LogP contribution is -2.35. The fourth-order valence-electron chi connectivity index (χ4n) is 2.32. The molecule has 114 valence electrons. The number of hydrogen-bond donors (Lipinski definition) is 0. The van der Waals surface area contributed by atoms with Crippen molar-refractivity contribution in [2.45, 2.75) is 19.3 Å². The van der Waals surface area contributed by atoms with Crippen LogP contribution in [0.5, 0.6) is 0 Å². The van der Waals surface area contributed by atoms with E-state index in [0.717, 1.165) is 25.8 Å². The molecule has 1 atom stereocenters. The van der Waals surface area contributed by atoms with Crippen LogP contribution in [0.2, 0.25) is 0 Å². The lowest BCUT2D eigenvalue weighted by atomic mass is 10.1. The molecule has 1 amide bonds. The Labute approximate surface area is 127 Å². The van der Waals surface area contributed by atoms with Crippen molar-refractivity contribution in [1.29, 1.82) is 0 Å². The number of rotatable bonds is 3. The molecular weight excluding hydrogens is 286 g/mol. The van der Waals surface area contributed by atoms with Crippen LogP contribution in [0.3, 0.4) is 0 Å². The average molecular weight is 307 g/mol. The van der Waals surface area contributed by atoms with E-state index in [4.69, 9.17) is 0 Å². The summed E-state index contributed by atoms with van der Waals surface area (Å²) in [5, 5.41) is 4.26. The third-order valence-electron chi connectivity index (χ3n) is 3.49. The van der Waals surface area contributed by atoms with Gasteiger partial charge in [0.25, 0.3) is 0 Å². The summed E-state index contributed by atoms with van der Waals surface area (Å²) in [6.07, 6.45) is 6.04. The minimum Gasteiger partial charge on any atom is -0.323 e. The maximum absolute atomic E-state index is 12.4. The number of carbonyl (C=O) groups excluding carboxylic acids is 1.